The van der Waals surface area contributed by atoms with E-state index in [0.717, 1.165) is 37.5 Å². The average molecular weight is 264 g/mol. The highest BCUT2D eigenvalue weighted by Gasteiger charge is 2.23. The van der Waals surface area contributed by atoms with E-state index in [1.54, 1.807) is 0 Å². The first kappa shape index (κ1) is 14.3. The molecule has 1 aliphatic heterocycles. The molecule has 1 aliphatic rings. The highest BCUT2D eigenvalue weighted by Crippen LogP contribution is 2.25. The fourth-order valence-electron chi connectivity index (χ4n) is 2.54. The van der Waals surface area contributed by atoms with Gasteiger partial charge < -0.3 is 14.7 Å². The van der Waals surface area contributed by atoms with Gasteiger partial charge in [-0.15, -0.1) is 0 Å². The van der Waals surface area contributed by atoms with Crippen LogP contribution in [0.1, 0.15) is 18.5 Å². The van der Waals surface area contributed by atoms with Gasteiger partial charge in [-0.05, 0) is 31.7 Å². The molecular weight excluding hydrogens is 240 g/mol. The normalized spacial score (nSPS) is 19.3. The van der Waals surface area contributed by atoms with Crippen LogP contribution in [-0.2, 0) is 0 Å². The Labute approximate surface area is 115 Å². The lowest BCUT2D eigenvalue weighted by molar-refractivity contribution is 0.0747. The first-order valence-electron chi connectivity index (χ1n) is 7.00. The molecule has 106 valence electrons. The number of ether oxygens (including phenoxy) is 1. The Morgan fingerprint density at radius 3 is 2.63 bits per heavy atom. The standard InChI is InChI=1S/C15H24N2O2/c1-3-19-14-6-4-5-13(11-14)15(12-18)17-9-7-16(2)8-10-17/h4-6,11,15,18H,3,7-10,12H2,1-2H3. The smallest absolute Gasteiger partial charge is 0.119 e. The number of hydrogen-bond acceptors (Lipinski definition) is 4. The van der Waals surface area contributed by atoms with E-state index in [4.69, 9.17) is 4.74 Å². The van der Waals surface area contributed by atoms with E-state index in [1.165, 1.54) is 0 Å². The largest absolute Gasteiger partial charge is 0.494 e. The van der Waals surface area contributed by atoms with Crippen molar-refractivity contribution in [1.29, 1.82) is 0 Å². The van der Waals surface area contributed by atoms with Gasteiger partial charge in [-0.2, -0.15) is 0 Å². The molecular formula is C15H24N2O2. The minimum Gasteiger partial charge on any atom is -0.494 e. The van der Waals surface area contributed by atoms with Gasteiger partial charge in [-0.3, -0.25) is 4.90 Å². The first-order valence-corrected chi connectivity index (χ1v) is 7.00. The number of aliphatic hydroxyl groups is 1. The predicted molar refractivity (Wildman–Crippen MR) is 76.5 cm³/mol. The van der Waals surface area contributed by atoms with Crippen molar-refractivity contribution >= 4 is 0 Å². The summed E-state index contributed by atoms with van der Waals surface area (Å²) in [5, 5.41) is 9.72. The molecule has 19 heavy (non-hydrogen) atoms. The lowest BCUT2D eigenvalue weighted by Crippen LogP contribution is -2.46. The van der Waals surface area contributed by atoms with Crippen molar-refractivity contribution in [3.63, 3.8) is 0 Å². The van der Waals surface area contributed by atoms with E-state index in [9.17, 15) is 5.11 Å². The second kappa shape index (κ2) is 6.89. The van der Waals surface area contributed by atoms with Gasteiger partial charge in [-0.25, -0.2) is 0 Å². The molecule has 0 amide bonds. The first-order chi connectivity index (χ1) is 9.24. The van der Waals surface area contributed by atoms with E-state index >= 15 is 0 Å². The maximum absolute atomic E-state index is 9.72. The summed E-state index contributed by atoms with van der Waals surface area (Å²) in [6.07, 6.45) is 0. The van der Waals surface area contributed by atoms with Crippen molar-refractivity contribution in [1.82, 2.24) is 9.80 Å². The van der Waals surface area contributed by atoms with Crippen LogP contribution in [0.15, 0.2) is 24.3 Å². The van der Waals surface area contributed by atoms with E-state index in [-0.39, 0.29) is 12.6 Å². The zero-order chi connectivity index (χ0) is 13.7. The zero-order valence-electron chi connectivity index (χ0n) is 11.9. The van der Waals surface area contributed by atoms with Crippen molar-refractivity contribution in [2.45, 2.75) is 13.0 Å². The molecule has 1 aromatic rings. The third-order valence-corrected chi connectivity index (χ3v) is 3.71. The van der Waals surface area contributed by atoms with Crippen LogP contribution in [0.3, 0.4) is 0 Å². The molecule has 0 aliphatic carbocycles. The summed E-state index contributed by atoms with van der Waals surface area (Å²) >= 11 is 0. The minimum absolute atomic E-state index is 0.0779. The molecule has 2 rings (SSSR count). The lowest BCUT2D eigenvalue weighted by Gasteiger charge is -2.37. The molecule has 0 aromatic heterocycles. The van der Waals surface area contributed by atoms with Crippen molar-refractivity contribution in [3.8, 4) is 5.75 Å². The van der Waals surface area contributed by atoms with Crippen LogP contribution in [0.25, 0.3) is 0 Å². The van der Waals surface area contributed by atoms with Crippen LogP contribution in [0.4, 0.5) is 0 Å². The Balaban J connectivity index is 2.10. The Morgan fingerprint density at radius 2 is 2.00 bits per heavy atom. The fourth-order valence-corrected chi connectivity index (χ4v) is 2.54. The summed E-state index contributed by atoms with van der Waals surface area (Å²) in [5.74, 6) is 0.882. The number of rotatable bonds is 5. The van der Waals surface area contributed by atoms with Crippen LogP contribution in [0.2, 0.25) is 0 Å². The number of likely N-dealkylation sites (N-methyl/N-ethyl adjacent to an activating group) is 1. The molecule has 0 saturated carbocycles. The highest BCUT2D eigenvalue weighted by atomic mass is 16.5. The number of benzene rings is 1. The molecule has 1 heterocycles. The van der Waals surface area contributed by atoms with Gasteiger partial charge in [0.1, 0.15) is 5.75 Å². The third-order valence-electron chi connectivity index (χ3n) is 3.71. The summed E-state index contributed by atoms with van der Waals surface area (Å²) in [4.78, 5) is 4.67. The molecule has 0 bridgehead atoms. The van der Waals surface area contributed by atoms with Crippen LogP contribution in [0.5, 0.6) is 5.75 Å². The van der Waals surface area contributed by atoms with E-state index < -0.39 is 0 Å². The summed E-state index contributed by atoms with van der Waals surface area (Å²) in [6.45, 7) is 6.92. The van der Waals surface area contributed by atoms with E-state index in [2.05, 4.69) is 22.9 Å². The second-order valence-electron chi connectivity index (χ2n) is 5.04. The summed E-state index contributed by atoms with van der Waals surface area (Å²) < 4.78 is 5.54. The van der Waals surface area contributed by atoms with Gasteiger partial charge in [-0.1, -0.05) is 12.1 Å². The highest BCUT2D eigenvalue weighted by molar-refractivity contribution is 5.30. The third kappa shape index (κ3) is 3.69. The molecule has 0 spiro atoms. The Bertz CT molecular complexity index is 389. The summed E-state index contributed by atoms with van der Waals surface area (Å²) in [5.41, 5.74) is 1.14. The van der Waals surface area contributed by atoms with Crippen molar-refractivity contribution < 1.29 is 9.84 Å². The molecule has 4 nitrogen and oxygen atoms in total. The van der Waals surface area contributed by atoms with Crippen molar-refractivity contribution in [2.75, 3.05) is 46.4 Å². The quantitative estimate of drug-likeness (QED) is 0.871. The maximum atomic E-state index is 9.72. The van der Waals surface area contributed by atoms with Crippen LogP contribution >= 0.6 is 0 Å². The molecule has 1 N–H and O–H groups in total. The van der Waals surface area contributed by atoms with Gasteiger partial charge in [0.15, 0.2) is 0 Å². The van der Waals surface area contributed by atoms with Crippen molar-refractivity contribution in [3.05, 3.63) is 29.8 Å². The molecule has 1 unspecified atom stereocenters. The van der Waals surface area contributed by atoms with E-state index in [0.29, 0.717) is 6.61 Å². The minimum atomic E-state index is 0.0779. The van der Waals surface area contributed by atoms with Crippen LogP contribution < -0.4 is 4.74 Å². The Hall–Kier alpha value is -1.10. The number of piperazine rings is 1. The summed E-state index contributed by atoms with van der Waals surface area (Å²) in [6, 6.07) is 8.16. The van der Waals surface area contributed by atoms with Crippen LogP contribution in [-0.4, -0.2) is 61.3 Å². The Morgan fingerprint density at radius 1 is 1.26 bits per heavy atom. The topological polar surface area (TPSA) is 35.9 Å². The van der Waals surface area contributed by atoms with Gasteiger partial charge in [0.25, 0.3) is 0 Å². The number of aliphatic hydroxyl groups excluding tert-OH is 1. The molecule has 4 heteroatoms. The monoisotopic (exact) mass is 264 g/mol. The molecule has 1 fully saturated rings. The second-order valence-corrected chi connectivity index (χ2v) is 5.04. The van der Waals surface area contributed by atoms with Gasteiger partial charge in [0.2, 0.25) is 0 Å². The SMILES string of the molecule is CCOc1cccc(C(CO)N2CCN(C)CC2)c1. The van der Waals surface area contributed by atoms with Crippen molar-refractivity contribution in [2.24, 2.45) is 0 Å². The van der Waals surface area contributed by atoms with Gasteiger partial charge in [0, 0.05) is 26.2 Å². The molecule has 1 saturated heterocycles. The molecule has 0 radical (unpaired) electrons. The predicted octanol–water partition coefficient (Wildman–Crippen LogP) is 1.37. The maximum Gasteiger partial charge on any atom is 0.119 e. The molecule has 1 aromatic carbocycles. The van der Waals surface area contributed by atoms with Crippen LogP contribution in [0, 0.1) is 0 Å². The lowest BCUT2D eigenvalue weighted by atomic mass is 10.0. The van der Waals surface area contributed by atoms with E-state index in [1.807, 2.05) is 25.1 Å². The van der Waals surface area contributed by atoms with Gasteiger partial charge in [0.05, 0.1) is 19.3 Å². The number of hydrogen-bond donors (Lipinski definition) is 1. The zero-order valence-corrected chi connectivity index (χ0v) is 11.9. The number of nitrogens with zero attached hydrogens (tertiary/aromatic N) is 2. The average Bonchev–Trinajstić information content (AvgIpc) is 2.43. The summed E-state index contributed by atoms with van der Waals surface area (Å²) in [7, 11) is 2.14. The fraction of sp³-hybridized carbons (Fsp3) is 0.600. The Kier molecular flexibility index (Phi) is 5.19. The van der Waals surface area contributed by atoms with Gasteiger partial charge >= 0.3 is 0 Å². The molecule has 1 atom stereocenters.